The Morgan fingerprint density at radius 1 is 1.35 bits per heavy atom. The fourth-order valence-electron chi connectivity index (χ4n) is 1.87. The number of ether oxygens (including phenoxy) is 1. The lowest BCUT2D eigenvalue weighted by Gasteiger charge is -2.08. The van der Waals surface area contributed by atoms with E-state index in [9.17, 15) is 9.90 Å². The van der Waals surface area contributed by atoms with E-state index in [4.69, 9.17) is 16.3 Å². The summed E-state index contributed by atoms with van der Waals surface area (Å²) < 4.78 is 4.99. The number of benzene rings is 2. The van der Waals surface area contributed by atoms with Crippen LogP contribution in [0.4, 0.5) is 10.5 Å². The van der Waals surface area contributed by atoms with Crippen LogP contribution in [-0.2, 0) is 0 Å². The molecule has 0 aliphatic carbocycles. The molecule has 2 aromatic carbocycles. The molecular formula is C16H16ClN3O3. The zero-order chi connectivity index (χ0) is 16.8. The summed E-state index contributed by atoms with van der Waals surface area (Å²) in [6, 6.07) is 9.86. The van der Waals surface area contributed by atoms with Crippen LogP contribution in [0.2, 0.25) is 5.02 Å². The predicted molar refractivity (Wildman–Crippen MR) is 90.6 cm³/mol. The number of anilines is 1. The molecule has 0 aliphatic heterocycles. The molecule has 0 atom stereocenters. The van der Waals surface area contributed by atoms with Gasteiger partial charge in [0.25, 0.3) is 0 Å². The van der Waals surface area contributed by atoms with Gasteiger partial charge < -0.3 is 15.2 Å². The van der Waals surface area contributed by atoms with Crippen LogP contribution in [0.5, 0.6) is 11.5 Å². The zero-order valence-electron chi connectivity index (χ0n) is 12.6. The minimum absolute atomic E-state index is 0.109. The molecule has 0 spiro atoms. The first-order chi connectivity index (χ1) is 11.0. The lowest BCUT2D eigenvalue weighted by molar-refractivity contribution is 0.252. The number of phenols is 1. The number of hydrogen-bond donors (Lipinski definition) is 3. The van der Waals surface area contributed by atoms with Crippen molar-refractivity contribution in [2.24, 2.45) is 5.10 Å². The van der Waals surface area contributed by atoms with Crippen LogP contribution >= 0.6 is 11.6 Å². The molecule has 0 heterocycles. The first-order valence-electron chi connectivity index (χ1n) is 6.73. The second kappa shape index (κ2) is 7.51. The van der Waals surface area contributed by atoms with Gasteiger partial charge in [-0.1, -0.05) is 29.8 Å². The number of rotatable bonds is 4. The lowest BCUT2D eigenvalue weighted by Crippen LogP contribution is -2.24. The molecule has 6 nitrogen and oxygen atoms in total. The van der Waals surface area contributed by atoms with Gasteiger partial charge in [-0.2, -0.15) is 5.10 Å². The molecular weight excluding hydrogens is 318 g/mol. The van der Waals surface area contributed by atoms with E-state index in [1.165, 1.54) is 25.5 Å². The number of aryl methyl sites for hydroxylation is 1. The number of nitrogens with zero attached hydrogens (tertiary/aromatic N) is 1. The van der Waals surface area contributed by atoms with Gasteiger partial charge in [0, 0.05) is 22.3 Å². The number of urea groups is 1. The minimum Gasteiger partial charge on any atom is -0.504 e. The number of nitrogens with one attached hydrogen (secondary N) is 2. The van der Waals surface area contributed by atoms with Crippen LogP contribution in [0.1, 0.15) is 11.1 Å². The van der Waals surface area contributed by atoms with Crippen LogP contribution in [0.3, 0.4) is 0 Å². The molecule has 2 rings (SSSR count). The average Bonchev–Trinajstić information content (AvgIpc) is 2.52. The number of aromatic hydroxyl groups is 1. The maximum Gasteiger partial charge on any atom is 0.339 e. The van der Waals surface area contributed by atoms with Crippen molar-refractivity contribution in [3.63, 3.8) is 0 Å². The molecule has 120 valence electrons. The van der Waals surface area contributed by atoms with Gasteiger partial charge in [-0.05, 0) is 24.6 Å². The standard InChI is InChI=1S/C16H16ClN3O3/c1-10-5-3-4-6-13(10)19-16(22)20-18-9-11-7-12(17)8-14(23-2)15(11)21/h3-9,21H,1-2H3,(H2,19,20,22). The highest BCUT2D eigenvalue weighted by atomic mass is 35.5. The molecule has 0 saturated carbocycles. The monoisotopic (exact) mass is 333 g/mol. The third-order valence-electron chi connectivity index (χ3n) is 3.05. The third kappa shape index (κ3) is 4.37. The van der Waals surface area contributed by atoms with Crippen molar-refractivity contribution in [3.8, 4) is 11.5 Å². The number of hydrazone groups is 1. The summed E-state index contributed by atoms with van der Waals surface area (Å²) in [7, 11) is 1.42. The molecule has 7 heteroatoms. The van der Waals surface area contributed by atoms with Gasteiger partial charge in [0.1, 0.15) is 0 Å². The van der Waals surface area contributed by atoms with E-state index >= 15 is 0 Å². The maximum atomic E-state index is 11.8. The number of amides is 2. The lowest BCUT2D eigenvalue weighted by atomic mass is 10.2. The Morgan fingerprint density at radius 2 is 2.09 bits per heavy atom. The smallest absolute Gasteiger partial charge is 0.339 e. The molecule has 0 aliphatic rings. The number of carbonyl (C=O) groups is 1. The molecule has 2 amide bonds. The molecule has 0 unspecified atom stereocenters. The Bertz CT molecular complexity index is 747. The number of phenolic OH excluding ortho intramolecular Hbond substituents is 1. The summed E-state index contributed by atoms with van der Waals surface area (Å²) in [5.74, 6) is 0.116. The minimum atomic E-state index is -0.496. The summed E-state index contributed by atoms with van der Waals surface area (Å²) in [5, 5.41) is 16.8. The van der Waals surface area contributed by atoms with E-state index in [1.54, 1.807) is 6.07 Å². The van der Waals surface area contributed by atoms with Crippen LogP contribution < -0.4 is 15.5 Å². The molecule has 3 N–H and O–H groups in total. The molecule has 2 aromatic rings. The summed E-state index contributed by atoms with van der Waals surface area (Å²) in [4.78, 5) is 11.8. The number of halogens is 1. The second-order valence-electron chi connectivity index (χ2n) is 4.68. The van der Waals surface area contributed by atoms with E-state index < -0.39 is 6.03 Å². The van der Waals surface area contributed by atoms with Crippen molar-refractivity contribution in [1.82, 2.24) is 5.43 Å². The highest BCUT2D eigenvalue weighted by Crippen LogP contribution is 2.32. The van der Waals surface area contributed by atoms with E-state index in [0.29, 0.717) is 16.3 Å². The van der Waals surface area contributed by atoms with E-state index in [-0.39, 0.29) is 11.5 Å². The molecule has 0 radical (unpaired) electrons. The van der Waals surface area contributed by atoms with Crippen LogP contribution in [0.15, 0.2) is 41.5 Å². The largest absolute Gasteiger partial charge is 0.504 e. The van der Waals surface area contributed by atoms with Crippen LogP contribution in [-0.4, -0.2) is 24.5 Å². The first kappa shape index (κ1) is 16.6. The van der Waals surface area contributed by atoms with Gasteiger partial charge in [-0.3, -0.25) is 0 Å². The van der Waals surface area contributed by atoms with Crippen molar-refractivity contribution in [2.45, 2.75) is 6.92 Å². The van der Waals surface area contributed by atoms with Gasteiger partial charge in [0.2, 0.25) is 0 Å². The van der Waals surface area contributed by atoms with Crippen molar-refractivity contribution in [1.29, 1.82) is 0 Å². The second-order valence-corrected chi connectivity index (χ2v) is 5.12. The van der Waals surface area contributed by atoms with Crippen molar-refractivity contribution in [3.05, 3.63) is 52.5 Å². The predicted octanol–water partition coefficient (Wildman–Crippen LogP) is 3.52. The number of para-hydroxylation sites is 1. The quantitative estimate of drug-likeness (QED) is 0.591. The zero-order valence-corrected chi connectivity index (χ0v) is 13.4. The molecule has 0 saturated heterocycles. The Labute approximate surface area is 138 Å². The van der Waals surface area contributed by atoms with Gasteiger partial charge in [-0.25, -0.2) is 10.2 Å². The fourth-order valence-corrected chi connectivity index (χ4v) is 2.09. The van der Waals surface area contributed by atoms with E-state index in [2.05, 4.69) is 15.8 Å². The molecule has 0 aromatic heterocycles. The Balaban J connectivity index is 2.03. The van der Waals surface area contributed by atoms with Gasteiger partial charge in [0.05, 0.1) is 13.3 Å². The highest BCUT2D eigenvalue weighted by Gasteiger charge is 2.08. The van der Waals surface area contributed by atoms with Crippen LogP contribution in [0, 0.1) is 6.92 Å². The van der Waals surface area contributed by atoms with E-state index in [1.807, 2.05) is 25.1 Å². The van der Waals surface area contributed by atoms with Crippen LogP contribution in [0.25, 0.3) is 0 Å². The third-order valence-corrected chi connectivity index (χ3v) is 3.27. The topological polar surface area (TPSA) is 83.0 Å². The fraction of sp³-hybridized carbons (Fsp3) is 0.125. The number of methoxy groups -OCH3 is 1. The molecule has 0 fully saturated rings. The average molecular weight is 334 g/mol. The maximum absolute atomic E-state index is 11.8. The van der Waals surface area contributed by atoms with Crippen molar-refractivity contribution in [2.75, 3.05) is 12.4 Å². The first-order valence-corrected chi connectivity index (χ1v) is 7.11. The Morgan fingerprint density at radius 3 is 2.78 bits per heavy atom. The summed E-state index contributed by atoms with van der Waals surface area (Å²) >= 11 is 5.91. The summed E-state index contributed by atoms with van der Waals surface area (Å²) in [5.41, 5.74) is 4.26. The normalized spacial score (nSPS) is 10.6. The van der Waals surface area contributed by atoms with E-state index in [0.717, 1.165) is 5.56 Å². The number of hydrogen-bond acceptors (Lipinski definition) is 4. The Kier molecular flexibility index (Phi) is 5.43. The summed E-state index contributed by atoms with van der Waals surface area (Å²) in [6.07, 6.45) is 1.28. The Hall–Kier alpha value is -2.73. The van der Waals surface area contributed by atoms with Gasteiger partial charge in [0.15, 0.2) is 11.5 Å². The van der Waals surface area contributed by atoms with Gasteiger partial charge >= 0.3 is 6.03 Å². The van der Waals surface area contributed by atoms with Crippen molar-refractivity contribution >= 4 is 29.5 Å². The van der Waals surface area contributed by atoms with Gasteiger partial charge in [-0.15, -0.1) is 0 Å². The number of carbonyl (C=O) groups excluding carboxylic acids is 1. The SMILES string of the molecule is COc1cc(Cl)cc(C=NNC(=O)Nc2ccccc2C)c1O. The molecule has 23 heavy (non-hydrogen) atoms. The van der Waals surface area contributed by atoms with Crippen molar-refractivity contribution < 1.29 is 14.6 Å². The highest BCUT2D eigenvalue weighted by molar-refractivity contribution is 6.31. The summed E-state index contributed by atoms with van der Waals surface area (Å²) in [6.45, 7) is 1.88. The molecule has 0 bridgehead atoms.